The first-order valence-corrected chi connectivity index (χ1v) is 12.8. The molecule has 1 aliphatic rings. The second-order valence-electron chi connectivity index (χ2n) is 9.62. The van der Waals surface area contributed by atoms with Gasteiger partial charge in [-0.25, -0.2) is 9.97 Å². The van der Waals surface area contributed by atoms with Gasteiger partial charge in [0.1, 0.15) is 5.82 Å². The van der Waals surface area contributed by atoms with Gasteiger partial charge in [-0.1, -0.05) is 36.4 Å². The van der Waals surface area contributed by atoms with Gasteiger partial charge in [0.15, 0.2) is 11.3 Å². The summed E-state index contributed by atoms with van der Waals surface area (Å²) in [5.41, 5.74) is 18.6. The third-order valence-corrected chi connectivity index (χ3v) is 7.33. The maximum Gasteiger partial charge on any atom is 0.274 e. The van der Waals surface area contributed by atoms with E-state index >= 15 is 0 Å². The quantitative estimate of drug-likeness (QED) is 0.319. The Morgan fingerprint density at radius 3 is 2.44 bits per heavy atom. The van der Waals surface area contributed by atoms with E-state index in [1.807, 2.05) is 48.7 Å². The van der Waals surface area contributed by atoms with Crippen LogP contribution in [-0.4, -0.2) is 53.6 Å². The fraction of sp³-hybridized carbons (Fsp3) is 0.207. The lowest BCUT2D eigenvalue weighted by Gasteiger charge is -2.32. The standard InChI is InChI=1S/C29H28N8O2/c30-23-7-4-12-32-26(23)29(39)36-13-10-19(11-14-36)25-22(17-38)27(31)37-28(35-25)21(16-34-37)20-8-9-24(33-15-20)18-5-2-1-3-6-18/h1-9,12,15-16,19,38H,10-11,13-14,17,30-31H2. The number of likely N-dealkylation sites (tertiary alicyclic amines) is 1. The molecule has 0 saturated carbocycles. The highest BCUT2D eigenvalue weighted by molar-refractivity contribution is 5.97. The molecule has 0 aliphatic carbocycles. The van der Waals surface area contributed by atoms with Gasteiger partial charge < -0.3 is 21.5 Å². The molecular weight excluding hydrogens is 492 g/mol. The van der Waals surface area contributed by atoms with Crippen molar-refractivity contribution in [2.45, 2.75) is 25.4 Å². The van der Waals surface area contributed by atoms with Gasteiger partial charge in [0.2, 0.25) is 0 Å². The van der Waals surface area contributed by atoms with Crippen LogP contribution in [0.2, 0.25) is 0 Å². The van der Waals surface area contributed by atoms with E-state index in [2.05, 4.69) is 15.1 Å². The number of nitrogen functional groups attached to an aromatic ring is 2. The van der Waals surface area contributed by atoms with E-state index < -0.39 is 0 Å². The summed E-state index contributed by atoms with van der Waals surface area (Å²) in [4.78, 5) is 28.6. The average molecular weight is 521 g/mol. The van der Waals surface area contributed by atoms with E-state index in [0.717, 1.165) is 28.1 Å². The number of rotatable bonds is 5. The monoisotopic (exact) mass is 520 g/mol. The third-order valence-electron chi connectivity index (χ3n) is 7.33. The molecule has 0 bridgehead atoms. The van der Waals surface area contributed by atoms with Crippen molar-refractivity contribution in [2.24, 2.45) is 0 Å². The Bertz CT molecular complexity index is 1640. The molecule has 0 spiro atoms. The average Bonchev–Trinajstić information content (AvgIpc) is 3.42. The second kappa shape index (κ2) is 10.1. The van der Waals surface area contributed by atoms with Crippen molar-refractivity contribution in [3.05, 3.63) is 90.1 Å². The molecule has 1 fully saturated rings. The molecule has 1 aliphatic heterocycles. The summed E-state index contributed by atoms with van der Waals surface area (Å²) in [6, 6.07) is 17.3. The van der Waals surface area contributed by atoms with Gasteiger partial charge >= 0.3 is 0 Å². The normalized spacial score (nSPS) is 14.1. The van der Waals surface area contributed by atoms with Crippen LogP contribution < -0.4 is 11.5 Å². The molecule has 4 aromatic heterocycles. The lowest BCUT2D eigenvalue weighted by Crippen LogP contribution is -2.39. The Hall–Kier alpha value is -4.83. The fourth-order valence-electron chi connectivity index (χ4n) is 5.20. The van der Waals surface area contributed by atoms with Gasteiger partial charge in [-0.3, -0.25) is 9.78 Å². The molecule has 5 N–H and O–H groups in total. The molecule has 10 nitrogen and oxygen atoms in total. The van der Waals surface area contributed by atoms with Crippen molar-refractivity contribution < 1.29 is 9.90 Å². The number of carbonyl (C=O) groups excluding carboxylic acids is 1. The summed E-state index contributed by atoms with van der Waals surface area (Å²) in [6.45, 7) is 0.790. The number of piperidine rings is 1. The lowest BCUT2D eigenvalue weighted by atomic mass is 9.90. The second-order valence-corrected chi connectivity index (χ2v) is 9.62. The number of carbonyl (C=O) groups is 1. The molecule has 1 saturated heterocycles. The molecule has 10 heteroatoms. The van der Waals surface area contributed by atoms with Crippen LogP contribution in [0.1, 0.15) is 40.5 Å². The van der Waals surface area contributed by atoms with Crippen molar-refractivity contribution in [3.8, 4) is 22.4 Å². The number of aromatic nitrogens is 5. The Morgan fingerprint density at radius 1 is 0.949 bits per heavy atom. The maximum absolute atomic E-state index is 13.0. The molecule has 5 heterocycles. The molecule has 196 valence electrons. The summed E-state index contributed by atoms with van der Waals surface area (Å²) in [7, 11) is 0. The summed E-state index contributed by atoms with van der Waals surface area (Å²) in [6.07, 6.45) is 6.45. The number of benzene rings is 1. The van der Waals surface area contributed by atoms with Gasteiger partial charge in [0.25, 0.3) is 5.91 Å². The number of fused-ring (bicyclic) bond motifs is 1. The zero-order valence-electron chi connectivity index (χ0n) is 21.2. The minimum absolute atomic E-state index is 0.0194. The highest BCUT2D eigenvalue weighted by atomic mass is 16.3. The number of pyridine rings is 2. The number of aliphatic hydroxyl groups excluding tert-OH is 1. The predicted molar refractivity (Wildman–Crippen MR) is 149 cm³/mol. The Morgan fingerprint density at radius 2 is 1.74 bits per heavy atom. The number of hydrogen-bond donors (Lipinski definition) is 3. The molecule has 6 rings (SSSR count). The smallest absolute Gasteiger partial charge is 0.274 e. The largest absolute Gasteiger partial charge is 0.397 e. The zero-order valence-corrected chi connectivity index (χ0v) is 21.2. The highest BCUT2D eigenvalue weighted by Crippen LogP contribution is 2.35. The van der Waals surface area contributed by atoms with E-state index in [1.54, 1.807) is 33.9 Å². The first kappa shape index (κ1) is 24.5. The van der Waals surface area contributed by atoms with Crippen LogP contribution >= 0.6 is 0 Å². The molecule has 1 aromatic carbocycles. The maximum atomic E-state index is 13.0. The number of aliphatic hydroxyl groups is 1. The van der Waals surface area contributed by atoms with Gasteiger partial charge in [0, 0.05) is 53.7 Å². The first-order valence-electron chi connectivity index (χ1n) is 12.8. The Balaban J connectivity index is 1.29. The Labute approximate surface area is 225 Å². The summed E-state index contributed by atoms with van der Waals surface area (Å²) >= 11 is 0. The minimum atomic E-state index is -0.254. The lowest BCUT2D eigenvalue weighted by molar-refractivity contribution is 0.0706. The van der Waals surface area contributed by atoms with Crippen LogP contribution in [0.4, 0.5) is 11.5 Å². The van der Waals surface area contributed by atoms with Gasteiger partial charge in [-0.2, -0.15) is 9.61 Å². The number of nitrogens with zero attached hydrogens (tertiary/aromatic N) is 6. The van der Waals surface area contributed by atoms with E-state index in [4.69, 9.17) is 16.5 Å². The van der Waals surface area contributed by atoms with Crippen LogP contribution in [0, 0.1) is 0 Å². The number of hydrogen-bond acceptors (Lipinski definition) is 8. The van der Waals surface area contributed by atoms with E-state index in [1.165, 1.54) is 0 Å². The van der Waals surface area contributed by atoms with Crippen LogP contribution in [0.5, 0.6) is 0 Å². The molecule has 0 radical (unpaired) electrons. The van der Waals surface area contributed by atoms with Crippen LogP contribution in [-0.2, 0) is 6.61 Å². The SMILES string of the molecule is Nc1cccnc1C(=O)N1CCC(c2nc3c(-c4ccc(-c5ccccc5)nc4)cnn3c(N)c2CO)CC1. The number of nitrogens with two attached hydrogens (primary N) is 2. The first-order chi connectivity index (χ1) is 19.0. The van der Waals surface area contributed by atoms with Crippen LogP contribution in [0.3, 0.4) is 0 Å². The van der Waals surface area contributed by atoms with Crippen LogP contribution in [0.25, 0.3) is 28.0 Å². The van der Waals surface area contributed by atoms with Crippen LogP contribution in [0.15, 0.2) is 73.2 Å². The molecule has 0 unspecified atom stereocenters. The number of anilines is 2. The third kappa shape index (κ3) is 4.44. The molecular formula is C29H28N8O2. The zero-order chi connectivity index (χ0) is 26.9. The number of amides is 1. The highest BCUT2D eigenvalue weighted by Gasteiger charge is 2.30. The summed E-state index contributed by atoms with van der Waals surface area (Å²) in [5.74, 6) is 0.199. The van der Waals surface area contributed by atoms with Gasteiger partial charge in [-0.05, 0) is 31.0 Å². The van der Waals surface area contributed by atoms with Crippen molar-refractivity contribution in [1.82, 2.24) is 29.5 Å². The molecule has 0 atom stereocenters. The minimum Gasteiger partial charge on any atom is -0.397 e. The van der Waals surface area contributed by atoms with Crippen molar-refractivity contribution in [3.63, 3.8) is 0 Å². The Kier molecular flexibility index (Phi) is 6.37. The topological polar surface area (TPSA) is 149 Å². The van der Waals surface area contributed by atoms with Gasteiger partial charge in [-0.15, -0.1) is 0 Å². The molecule has 39 heavy (non-hydrogen) atoms. The molecule has 1 amide bonds. The van der Waals surface area contributed by atoms with E-state index in [9.17, 15) is 9.90 Å². The van der Waals surface area contributed by atoms with Crippen molar-refractivity contribution in [1.29, 1.82) is 0 Å². The van der Waals surface area contributed by atoms with E-state index in [0.29, 0.717) is 48.6 Å². The van der Waals surface area contributed by atoms with Gasteiger partial charge in [0.05, 0.1) is 29.9 Å². The fourth-order valence-corrected chi connectivity index (χ4v) is 5.20. The van der Waals surface area contributed by atoms with E-state index in [-0.39, 0.29) is 24.1 Å². The van der Waals surface area contributed by atoms with Crippen molar-refractivity contribution in [2.75, 3.05) is 24.6 Å². The predicted octanol–water partition coefficient (Wildman–Crippen LogP) is 3.53. The summed E-state index contributed by atoms with van der Waals surface area (Å²) in [5, 5.41) is 14.7. The summed E-state index contributed by atoms with van der Waals surface area (Å²) < 4.78 is 1.57. The van der Waals surface area contributed by atoms with Crippen molar-refractivity contribution >= 4 is 23.1 Å². The molecule has 5 aromatic rings.